The molecule has 0 aliphatic carbocycles. The van der Waals surface area contributed by atoms with E-state index in [2.05, 4.69) is 9.97 Å². The fourth-order valence-corrected chi connectivity index (χ4v) is 2.09. The number of para-hydroxylation sites is 1. The van der Waals surface area contributed by atoms with Gasteiger partial charge in [0.15, 0.2) is 17.5 Å². The predicted molar refractivity (Wildman–Crippen MR) is 69.3 cm³/mol. The highest BCUT2D eigenvalue weighted by Gasteiger charge is 2.17. The lowest BCUT2D eigenvalue weighted by Gasteiger charge is -2.01. The third-order valence-electron chi connectivity index (χ3n) is 3.11. The summed E-state index contributed by atoms with van der Waals surface area (Å²) in [5.41, 5.74) is 7.51. The Morgan fingerprint density at radius 2 is 1.85 bits per heavy atom. The number of hydrogen-bond donors (Lipinski definition) is 2. The number of hydrogen-bond acceptors (Lipinski definition) is 2. The van der Waals surface area contributed by atoms with E-state index in [1.165, 1.54) is 0 Å². The Hall–Kier alpha value is -2.34. The number of H-pyrrole nitrogens is 1. The standard InChI is InChI=1S/C14H10F3N3/c15-9-5-4-8(11(16)12(9)17)14-19-10-3-1-2-7(6-18)13(10)20-14/h1-5H,6,18H2,(H,19,20). The van der Waals surface area contributed by atoms with Crippen molar-refractivity contribution >= 4 is 11.0 Å². The van der Waals surface area contributed by atoms with Gasteiger partial charge in [-0.15, -0.1) is 0 Å². The van der Waals surface area contributed by atoms with E-state index in [4.69, 9.17) is 5.73 Å². The van der Waals surface area contributed by atoms with Crippen LogP contribution in [0.3, 0.4) is 0 Å². The van der Waals surface area contributed by atoms with Crippen molar-refractivity contribution in [3.8, 4) is 11.4 Å². The number of halogens is 3. The quantitative estimate of drug-likeness (QED) is 0.707. The number of nitrogens with zero attached hydrogens (tertiary/aromatic N) is 1. The molecule has 2 aromatic carbocycles. The van der Waals surface area contributed by atoms with Crippen LogP contribution in [0.2, 0.25) is 0 Å². The Morgan fingerprint density at radius 1 is 1.05 bits per heavy atom. The van der Waals surface area contributed by atoms with Gasteiger partial charge in [0, 0.05) is 6.54 Å². The summed E-state index contributed by atoms with van der Waals surface area (Å²) < 4.78 is 40.0. The average molecular weight is 277 g/mol. The lowest BCUT2D eigenvalue weighted by molar-refractivity contribution is 0.448. The van der Waals surface area contributed by atoms with E-state index in [-0.39, 0.29) is 17.9 Å². The number of nitrogens with one attached hydrogen (secondary N) is 1. The third-order valence-corrected chi connectivity index (χ3v) is 3.11. The van der Waals surface area contributed by atoms with Crippen LogP contribution in [0.15, 0.2) is 30.3 Å². The molecule has 3 aromatic rings. The predicted octanol–water partition coefficient (Wildman–Crippen LogP) is 3.11. The molecule has 0 saturated carbocycles. The zero-order chi connectivity index (χ0) is 14.3. The molecule has 1 aromatic heterocycles. The van der Waals surface area contributed by atoms with Crippen LogP contribution in [0, 0.1) is 17.5 Å². The van der Waals surface area contributed by atoms with E-state index in [1.54, 1.807) is 18.2 Å². The number of imidazole rings is 1. The van der Waals surface area contributed by atoms with Gasteiger partial charge in [-0.2, -0.15) is 0 Å². The summed E-state index contributed by atoms with van der Waals surface area (Å²) in [5, 5.41) is 0. The Labute approximate surface area is 112 Å². The van der Waals surface area contributed by atoms with Gasteiger partial charge in [0.1, 0.15) is 5.82 Å². The SMILES string of the molecule is NCc1cccc2[nH]c(-c3ccc(F)c(F)c3F)nc12. The van der Waals surface area contributed by atoms with Crippen LogP contribution in [0.1, 0.15) is 5.56 Å². The Bertz CT molecular complexity index is 796. The molecule has 0 spiro atoms. The van der Waals surface area contributed by atoms with Gasteiger partial charge in [0.25, 0.3) is 0 Å². The first kappa shape index (κ1) is 12.7. The van der Waals surface area contributed by atoms with Crippen LogP contribution < -0.4 is 5.73 Å². The van der Waals surface area contributed by atoms with Crippen molar-refractivity contribution in [1.29, 1.82) is 0 Å². The number of nitrogens with two attached hydrogens (primary N) is 1. The molecule has 1 heterocycles. The summed E-state index contributed by atoms with van der Waals surface area (Å²) >= 11 is 0. The number of aromatic amines is 1. The second-order valence-electron chi connectivity index (χ2n) is 4.33. The summed E-state index contributed by atoms with van der Waals surface area (Å²) in [7, 11) is 0. The summed E-state index contributed by atoms with van der Waals surface area (Å²) in [6, 6.07) is 7.35. The first-order chi connectivity index (χ1) is 9.61. The molecule has 0 saturated heterocycles. The highest BCUT2D eigenvalue weighted by molar-refractivity contribution is 5.82. The number of aromatic nitrogens is 2. The minimum atomic E-state index is -1.51. The molecule has 0 aliphatic heterocycles. The lowest BCUT2D eigenvalue weighted by atomic mass is 10.2. The van der Waals surface area contributed by atoms with Crippen LogP contribution in [0.5, 0.6) is 0 Å². The van der Waals surface area contributed by atoms with Crippen molar-refractivity contribution in [2.24, 2.45) is 5.73 Å². The first-order valence-electron chi connectivity index (χ1n) is 5.93. The van der Waals surface area contributed by atoms with Crippen LogP contribution in [-0.4, -0.2) is 9.97 Å². The Balaban J connectivity index is 2.23. The molecule has 0 aliphatic rings. The van der Waals surface area contributed by atoms with Crippen molar-refractivity contribution in [3.63, 3.8) is 0 Å². The number of fused-ring (bicyclic) bond motifs is 1. The van der Waals surface area contributed by atoms with E-state index in [9.17, 15) is 13.2 Å². The first-order valence-corrected chi connectivity index (χ1v) is 5.93. The van der Waals surface area contributed by atoms with Gasteiger partial charge in [-0.05, 0) is 23.8 Å². The molecule has 6 heteroatoms. The van der Waals surface area contributed by atoms with Crippen molar-refractivity contribution < 1.29 is 13.2 Å². The molecule has 0 unspecified atom stereocenters. The summed E-state index contributed by atoms with van der Waals surface area (Å²) in [6.45, 7) is 0.280. The van der Waals surface area contributed by atoms with Crippen molar-refractivity contribution in [2.75, 3.05) is 0 Å². The average Bonchev–Trinajstić information content (AvgIpc) is 2.88. The minimum Gasteiger partial charge on any atom is -0.338 e. The largest absolute Gasteiger partial charge is 0.338 e. The normalized spacial score (nSPS) is 11.2. The Morgan fingerprint density at radius 3 is 2.60 bits per heavy atom. The maximum atomic E-state index is 13.8. The Kier molecular flexibility index (Phi) is 2.94. The fourth-order valence-electron chi connectivity index (χ4n) is 2.09. The molecular weight excluding hydrogens is 267 g/mol. The summed E-state index contributed by atoms with van der Waals surface area (Å²) in [6.07, 6.45) is 0. The van der Waals surface area contributed by atoms with Crippen molar-refractivity contribution in [1.82, 2.24) is 9.97 Å². The molecule has 0 atom stereocenters. The van der Waals surface area contributed by atoms with E-state index in [0.717, 1.165) is 17.7 Å². The molecule has 20 heavy (non-hydrogen) atoms. The van der Waals surface area contributed by atoms with E-state index < -0.39 is 17.5 Å². The van der Waals surface area contributed by atoms with Gasteiger partial charge in [-0.1, -0.05) is 12.1 Å². The van der Waals surface area contributed by atoms with Crippen LogP contribution in [-0.2, 0) is 6.54 Å². The molecule has 0 fully saturated rings. The fraction of sp³-hybridized carbons (Fsp3) is 0.0714. The van der Waals surface area contributed by atoms with E-state index in [1.807, 2.05) is 0 Å². The maximum absolute atomic E-state index is 13.8. The number of rotatable bonds is 2. The van der Waals surface area contributed by atoms with Crippen molar-refractivity contribution in [2.45, 2.75) is 6.54 Å². The zero-order valence-electron chi connectivity index (χ0n) is 10.3. The second-order valence-corrected chi connectivity index (χ2v) is 4.33. The molecule has 3 nitrogen and oxygen atoms in total. The second kappa shape index (κ2) is 4.64. The molecule has 102 valence electrons. The van der Waals surface area contributed by atoms with Crippen LogP contribution in [0.25, 0.3) is 22.4 Å². The van der Waals surface area contributed by atoms with Gasteiger partial charge in [-0.3, -0.25) is 0 Å². The van der Waals surface area contributed by atoms with Gasteiger partial charge in [-0.25, -0.2) is 18.2 Å². The molecule has 3 N–H and O–H groups in total. The monoisotopic (exact) mass is 277 g/mol. The maximum Gasteiger partial charge on any atom is 0.195 e. The highest BCUT2D eigenvalue weighted by atomic mass is 19.2. The molecule has 0 bridgehead atoms. The van der Waals surface area contributed by atoms with Gasteiger partial charge < -0.3 is 10.7 Å². The number of benzene rings is 2. The van der Waals surface area contributed by atoms with Gasteiger partial charge in [0.05, 0.1) is 16.6 Å². The molecule has 0 amide bonds. The van der Waals surface area contributed by atoms with Crippen molar-refractivity contribution in [3.05, 3.63) is 53.3 Å². The smallest absolute Gasteiger partial charge is 0.195 e. The highest BCUT2D eigenvalue weighted by Crippen LogP contribution is 2.26. The lowest BCUT2D eigenvalue weighted by Crippen LogP contribution is -1.97. The summed E-state index contributed by atoms with van der Waals surface area (Å²) in [4.78, 5) is 7.10. The van der Waals surface area contributed by atoms with E-state index >= 15 is 0 Å². The minimum absolute atomic E-state index is 0.122. The van der Waals surface area contributed by atoms with Gasteiger partial charge >= 0.3 is 0 Å². The van der Waals surface area contributed by atoms with Gasteiger partial charge in [0.2, 0.25) is 0 Å². The third kappa shape index (κ3) is 1.85. The summed E-state index contributed by atoms with van der Waals surface area (Å²) in [5.74, 6) is -3.87. The molecular formula is C14H10F3N3. The zero-order valence-corrected chi connectivity index (χ0v) is 10.3. The molecule has 0 radical (unpaired) electrons. The topological polar surface area (TPSA) is 54.7 Å². The molecule has 3 rings (SSSR count). The van der Waals surface area contributed by atoms with Crippen LogP contribution >= 0.6 is 0 Å². The van der Waals surface area contributed by atoms with Crippen LogP contribution in [0.4, 0.5) is 13.2 Å². The van der Waals surface area contributed by atoms with E-state index in [0.29, 0.717) is 11.0 Å².